The molecule has 0 radical (unpaired) electrons. The van der Waals surface area contributed by atoms with Crippen LogP contribution in [0.2, 0.25) is 0 Å². The number of rotatable bonds is 7. The SMILES string of the molecule is C[C@@H](NCC(=O)N[C@H](c1ccccc1)c1cccs1)c1ccco1. The third-order valence-electron chi connectivity index (χ3n) is 3.80. The minimum atomic E-state index is -0.126. The van der Waals surface area contributed by atoms with Crippen molar-refractivity contribution < 1.29 is 9.21 Å². The lowest BCUT2D eigenvalue weighted by atomic mass is 10.1. The quantitative estimate of drug-likeness (QED) is 0.686. The first-order valence-corrected chi connectivity index (χ1v) is 8.76. The van der Waals surface area contributed by atoms with Crippen molar-refractivity contribution >= 4 is 17.2 Å². The summed E-state index contributed by atoms with van der Waals surface area (Å²) in [5.41, 5.74) is 1.08. The summed E-state index contributed by atoms with van der Waals surface area (Å²) in [5, 5.41) is 8.32. The molecule has 0 aliphatic heterocycles. The van der Waals surface area contributed by atoms with Gasteiger partial charge in [0.25, 0.3) is 0 Å². The van der Waals surface area contributed by atoms with Gasteiger partial charge in [0.1, 0.15) is 5.76 Å². The highest BCUT2D eigenvalue weighted by Crippen LogP contribution is 2.25. The Morgan fingerprint density at radius 1 is 1.12 bits per heavy atom. The fraction of sp³-hybridized carbons (Fsp3) is 0.211. The van der Waals surface area contributed by atoms with Crippen LogP contribution in [0.3, 0.4) is 0 Å². The number of hydrogen-bond acceptors (Lipinski definition) is 4. The molecule has 3 rings (SSSR count). The van der Waals surface area contributed by atoms with E-state index in [1.165, 1.54) is 0 Å². The molecule has 4 nitrogen and oxygen atoms in total. The molecule has 0 spiro atoms. The van der Waals surface area contributed by atoms with Crippen molar-refractivity contribution in [2.45, 2.75) is 19.0 Å². The highest BCUT2D eigenvalue weighted by atomic mass is 32.1. The second-order valence-corrected chi connectivity index (χ2v) is 6.52. The van der Waals surface area contributed by atoms with E-state index in [9.17, 15) is 4.79 Å². The maximum absolute atomic E-state index is 12.4. The van der Waals surface area contributed by atoms with Crippen molar-refractivity contribution in [1.29, 1.82) is 0 Å². The van der Waals surface area contributed by atoms with E-state index >= 15 is 0 Å². The monoisotopic (exact) mass is 340 g/mol. The van der Waals surface area contributed by atoms with Crippen LogP contribution < -0.4 is 10.6 Å². The van der Waals surface area contributed by atoms with Gasteiger partial charge in [-0.2, -0.15) is 0 Å². The molecular formula is C19H20N2O2S. The van der Waals surface area contributed by atoms with Crippen LogP contribution in [-0.2, 0) is 4.79 Å². The fourth-order valence-corrected chi connectivity index (χ4v) is 3.32. The van der Waals surface area contributed by atoms with E-state index in [0.29, 0.717) is 0 Å². The standard InChI is InChI=1S/C19H20N2O2S/c1-14(16-9-5-11-23-16)20-13-18(22)21-19(17-10-6-12-24-17)15-7-3-2-4-8-15/h2-12,14,19-20H,13H2,1H3,(H,21,22)/t14-,19-/m1/s1. The van der Waals surface area contributed by atoms with E-state index < -0.39 is 0 Å². The Morgan fingerprint density at radius 3 is 2.62 bits per heavy atom. The van der Waals surface area contributed by atoms with E-state index in [0.717, 1.165) is 16.2 Å². The van der Waals surface area contributed by atoms with Crippen molar-refractivity contribution in [3.05, 3.63) is 82.4 Å². The lowest BCUT2D eigenvalue weighted by Gasteiger charge is -2.19. The molecule has 3 aromatic rings. The zero-order valence-electron chi connectivity index (χ0n) is 13.4. The molecule has 2 aromatic heterocycles. The number of nitrogens with one attached hydrogen (secondary N) is 2. The van der Waals surface area contributed by atoms with E-state index in [2.05, 4.69) is 10.6 Å². The van der Waals surface area contributed by atoms with Gasteiger partial charge in [0, 0.05) is 4.88 Å². The Bertz CT molecular complexity index is 739. The molecule has 124 valence electrons. The average Bonchev–Trinajstić information content (AvgIpc) is 3.31. The Labute approximate surface area is 145 Å². The molecule has 2 heterocycles. The van der Waals surface area contributed by atoms with Crippen molar-refractivity contribution in [1.82, 2.24) is 10.6 Å². The number of hydrogen-bond donors (Lipinski definition) is 2. The minimum absolute atomic E-state index is 0.0114. The summed E-state index contributed by atoms with van der Waals surface area (Å²) in [6.45, 7) is 2.20. The Morgan fingerprint density at radius 2 is 1.96 bits per heavy atom. The molecule has 0 bridgehead atoms. The van der Waals surface area contributed by atoms with Gasteiger partial charge in [-0.05, 0) is 36.1 Å². The van der Waals surface area contributed by atoms with Crippen LogP contribution in [0.5, 0.6) is 0 Å². The van der Waals surface area contributed by atoms with Gasteiger partial charge in [-0.15, -0.1) is 11.3 Å². The van der Waals surface area contributed by atoms with Gasteiger partial charge < -0.3 is 9.73 Å². The molecule has 5 heteroatoms. The van der Waals surface area contributed by atoms with Gasteiger partial charge in [0.05, 0.1) is 24.9 Å². The van der Waals surface area contributed by atoms with Crippen molar-refractivity contribution in [2.24, 2.45) is 0 Å². The van der Waals surface area contributed by atoms with Gasteiger partial charge in [-0.25, -0.2) is 0 Å². The van der Waals surface area contributed by atoms with Crippen LogP contribution in [0.4, 0.5) is 0 Å². The maximum atomic E-state index is 12.4. The van der Waals surface area contributed by atoms with Crippen LogP contribution in [0.25, 0.3) is 0 Å². The lowest BCUT2D eigenvalue weighted by molar-refractivity contribution is -0.120. The molecule has 0 aliphatic carbocycles. The van der Waals surface area contributed by atoms with Crippen LogP contribution in [-0.4, -0.2) is 12.5 Å². The summed E-state index contributed by atoms with van der Waals surface area (Å²) in [4.78, 5) is 13.5. The van der Waals surface area contributed by atoms with Crippen LogP contribution in [0, 0.1) is 0 Å². The topological polar surface area (TPSA) is 54.3 Å². The second-order valence-electron chi connectivity index (χ2n) is 5.54. The molecule has 0 fully saturated rings. The van der Waals surface area contributed by atoms with Crippen molar-refractivity contribution in [3.8, 4) is 0 Å². The highest BCUT2D eigenvalue weighted by molar-refractivity contribution is 7.10. The summed E-state index contributed by atoms with van der Waals surface area (Å²) in [6, 6.07) is 17.7. The van der Waals surface area contributed by atoms with Gasteiger partial charge in [-0.3, -0.25) is 10.1 Å². The van der Waals surface area contributed by atoms with Crippen LogP contribution in [0.1, 0.15) is 35.2 Å². The third-order valence-corrected chi connectivity index (χ3v) is 4.74. The van der Waals surface area contributed by atoms with Gasteiger partial charge in [-0.1, -0.05) is 36.4 Å². The molecule has 0 aliphatic rings. The molecule has 24 heavy (non-hydrogen) atoms. The van der Waals surface area contributed by atoms with E-state index in [1.807, 2.05) is 66.9 Å². The molecule has 1 aromatic carbocycles. The van der Waals surface area contributed by atoms with Gasteiger partial charge in [0.15, 0.2) is 0 Å². The molecular weight excluding hydrogens is 320 g/mol. The van der Waals surface area contributed by atoms with E-state index in [-0.39, 0.29) is 24.5 Å². The number of carbonyl (C=O) groups is 1. The zero-order chi connectivity index (χ0) is 16.8. The normalized spacial score (nSPS) is 13.4. The fourth-order valence-electron chi connectivity index (χ4n) is 2.52. The number of furan rings is 1. The number of amides is 1. The summed E-state index contributed by atoms with van der Waals surface area (Å²) >= 11 is 1.64. The first-order chi connectivity index (χ1) is 11.7. The van der Waals surface area contributed by atoms with Gasteiger partial charge in [0.2, 0.25) is 5.91 Å². The summed E-state index contributed by atoms with van der Waals surface area (Å²) in [7, 11) is 0. The predicted octanol–water partition coefficient (Wildman–Crippen LogP) is 3.90. The van der Waals surface area contributed by atoms with Crippen LogP contribution >= 0.6 is 11.3 Å². The molecule has 2 N–H and O–H groups in total. The minimum Gasteiger partial charge on any atom is -0.468 e. The largest absolute Gasteiger partial charge is 0.468 e. The molecule has 0 saturated heterocycles. The number of benzene rings is 1. The third kappa shape index (κ3) is 4.13. The first kappa shape index (κ1) is 16.5. The summed E-state index contributed by atoms with van der Waals surface area (Å²) < 4.78 is 5.34. The van der Waals surface area contributed by atoms with Crippen molar-refractivity contribution in [3.63, 3.8) is 0 Å². The average molecular weight is 340 g/mol. The van der Waals surface area contributed by atoms with E-state index in [4.69, 9.17) is 4.42 Å². The maximum Gasteiger partial charge on any atom is 0.234 e. The Balaban J connectivity index is 1.63. The molecule has 0 saturated carbocycles. The molecule has 2 atom stereocenters. The number of carbonyl (C=O) groups excluding carboxylic acids is 1. The van der Waals surface area contributed by atoms with Crippen LogP contribution in [0.15, 0.2) is 70.7 Å². The molecule has 1 amide bonds. The summed E-state index contributed by atoms with van der Waals surface area (Å²) in [6.07, 6.45) is 1.63. The van der Waals surface area contributed by atoms with E-state index in [1.54, 1.807) is 17.6 Å². The molecule has 0 unspecified atom stereocenters. The summed E-state index contributed by atoms with van der Waals surface area (Å²) in [5.74, 6) is 0.774. The van der Waals surface area contributed by atoms with Crippen molar-refractivity contribution in [2.75, 3.05) is 6.54 Å². The Hall–Kier alpha value is -2.37. The number of thiophene rings is 1. The highest BCUT2D eigenvalue weighted by Gasteiger charge is 2.18. The lowest BCUT2D eigenvalue weighted by Crippen LogP contribution is -2.37. The van der Waals surface area contributed by atoms with Gasteiger partial charge >= 0.3 is 0 Å². The zero-order valence-corrected chi connectivity index (χ0v) is 14.3. The first-order valence-electron chi connectivity index (χ1n) is 7.88. The second kappa shape index (κ2) is 7.95. The predicted molar refractivity (Wildman–Crippen MR) is 95.9 cm³/mol. The Kier molecular flexibility index (Phi) is 5.46. The smallest absolute Gasteiger partial charge is 0.234 e.